The zero-order valence-corrected chi connectivity index (χ0v) is 17.2. The zero-order valence-electron chi connectivity index (χ0n) is 15.5. The van der Waals surface area contributed by atoms with E-state index in [-0.39, 0.29) is 30.8 Å². The molecule has 3 aliphatic carbocycles. The Morgan fingerprint density at radius 3 is 2.52 bits per heavy atom. The first-order chi connectivity index (χ1) is 12.8. The maximum Gasteiger partial charge on any atom is 0.254 e. The topological polar surface area (TPSA) is 92.3 Å². The molecule has 0 saturated heterocycles. The number of nitrogens with one attached hydrogen (secondary N) is 2. The minimum Gasteiger partial charge on any atom is -0.352 e. The molecule has 0 radical (unpaired) electrons. The standard InChI is InChI=1S/C19H26N2O4S2.H2/c1-27(24,25)10-12-4-7-15-14(8-12)16(18(23)20-9-11-2-3-11)19(26-15)21-17(22)13-5-6-13;/h11-13H,2-10H2,1H3,(H,20,23)(H,21,22);1H. The SMILES string of the molecule is CS(=O)(=O)CC1CCc2sc(NC(=O)C3CC3)c(C(=O)NCC3CC3)c2C1.[HH]. The maximum atomic E-state index is 12.9. The molecule has 4 rings (SSSR count). The van der Waals surface area contributed by atoms with Gasteiger partial charge in [-0.25, -0.2) is 8.42 Å². The Labute approximate surface area is 165 Å². The summed E-state index contributed by atoms with van der Waals surface area (Å²) < 4.78 is 23.4. The minimum absolute atomic E-state index is 0. The fourth-order valence-electron chi connectivity index (χ4n) is 3.76. The summed E-state index contributed by atoms with van der Waals surface area (Å²) in [5.41, 5.74) is 1.52. The predicted octanol–water partition coefficient (Wildman–Crippen LogP) is 2.63. The van der Waals surface area contributed by atoms with Crippen molar-refractivity contribution in [2.45, 2.75) is 44.9 Å². The second-order valence-electron chi connectivity index (χ2n) is 8.33. The third-order valence-electron chi connectivity index (χ3n) is 5.56. The molecule has 2 fully saturated rings. The van der Waals surface area contributed by atoms with Crippen LogP contribution in [-0.2, 0) is 27.5 Å². The van der Waals surface area contributed by atoms with Gasteiger partial charge in [0, 0.05) is 25.0 Å². The first kappa shape index (κ1) is 18.9. The van der Waals surface area contributed by atoms with Crippen LogP contribution in [0.1, 0.15) is 54.3 Å². The molecule has 2 N–H and O–H groups in total. The third kappa shape index (κ3) is 4.71. The Morgan fingerprint density at radius 1 is 1.15 bits per heavy atom. The minimum atomic E-state index is -3.05. The molecule has 0 spiro atoms. The van der Waals surface area contributed by atoms with E-state index in [0.717, 1.165) is 49.0 Å². The van der Waals surface area contributed by atoms with Gasteiger partial charge in [0.25, 0.3) is 5.91 Å². The van der Waals surface area contributed by atoms with E-state index in [2.05, 4.69) is 10.6 Å². The smallest absolute Gasteiger partial charge is 0.254 e. The van der Waals surface area contributed by atoms with Crippen molar-refractivity contribution < 1.29 is 19.4 Å². The van der Waals surface area contributed by atoms with Gasteiger partial charge >= 0.3 is 0 Å². The highest BCUT2D eigenvalue weighted by Gasteiger charge is 2.34. The summed E-state index contributed by atoms with van der Waals surface area (Å²) in [5, 5.41) is 6.64. The molecule has 0 aliphatic heterocycles. The van der Waals surface area contributed by atoms with Crippen molar-refractivity contribution in [2.75, 3.05) is 23.9 Å². The quantitative estimate of drug-likeness (QED) is 0.720. The Hall–Kier alpha value is -1.41. The molecule has 2 amide bonds. The van der Waals surface area contributed by atoms with Crippen LogP contribution >= 0.6 is 11.3 Å². The molecule has 8 heteroatoms. The van der Waals surface area contributed by atoms with Crippen LogP contribution in [0, 0.1) is 17.8 Å². The van der Waals surface area contributed by atoms with E-state index in [1.807, 2.05) is 0 Å². The lowest BCUT2D eigenvalue weighted by Gasteiger charge is -2.22. The number of sulfone groups is 1. The first-order valence-corrected chi connectivity index (χ1v) is 12.6. The normalized spacial score (nSPS) is 22.2. The number of carbonyl (C=O) groups excluding carboxylic acids is 2. The van der Waals surface area contributed by atoms with E-state index in [4.69, 9.17) is 0 Å². The Morgan fingerprint density at radius 2 is 1.89 bits per heavy atom. The number of hydrogen-bond donors (Lipinski definition) is 2. The summed E-state index contributed by atoms with van der Waals surface area (Å²) >= 11 is 1.49. The Balaban J connectivity index is 0.00000225. The van der Waals surface area contributed by atoms with E-state index < -0.39 is 9.84 Å². The number of hydrogen-bond acceptors (Lipinski definition) is 5. The largest absolute Gasteiger partial charge is 0.352 e. The molecular formula is C19H28N2O4S2. The molecule has 1 aromatic rings. The highest BCUT2D eigenvalue weighted by atomic mass is 32.2. The van der Waals surface area contributed by atoms with Crippen molar-refractivity contribution in [2.24, 2.45) is 17.8 Å². The molecule has 1 aromatic heterocycles. The zero-order chi connectivity index (χ0) is 19.2. The number of carbonyl (C=O) groups is 2. The molecule has 27 heavy (non-hydrogen) atoms. The van der Waals surface area contributed by atoms with Crippen molar-refractivity contribution in [3.8, 4) is 0 Å². The number of fused-ring (bicyclic) bond motifs is 1. The summed E-state index contributed by atoms with van der Waals surface area (Å²) in [6.07, 6.45) is 7.56. The summed E-state index contributed by atoms with van der Waals surface area (Å²) in [4.78, 5) is 26.3. The van der Waals surface area contributed by atoms with Gasteiger partial charge in [-0.15, -0.1) is 11.3 Å². The molecule has 2 saturated carbocycles. The number of rotatable bonds is 7. The van der Waals surface area contributed by atoms with Gasteiger partial charge in [0.15, 0.2) is 0 Å². The van der Waals surface area contributed by atoms with E-state index in [0.29, 0.717) is 29.4 Å². The van der Waals surface area contributed by atoms with Crippen molar-refractivity contribution in [3.63, 3.8) is 0 Å². The van der Waals surface area contributed by atoms with Crippen LogP contribution in [0.5, 0.6) is 0 Å². The molecule has 3 aliphatic rings. The first-order valence-electron chi connectivity index (χ1n) is 9.71. The summed E-state index contributed by atoms with van der Waals surface area (Å²) in [7, 11) is -3.05. The van der Waals surface area contributed by atoms with Gasteiger partial charge < -0.3 is 10.6 Å². The Bertz CT molecular complexity index is 873. The number of aryl methyl sites for hydroxylation is 1. The van der Waals surface area contributed by atoms with Crippen LogP contribution in [0.3, 0.4) is 0 Å². The highest BCUT2D eigenvalue weighted by Crippen LogP contribution is 2.41. The number of thiophene rings is 1. The monoisotopic (exact) mass is 412 g/mol. The maximum absolute atomic E-state index is 12.9. The second-order valence-corrected chi connectivity index (χ2v) is 11.6. The van der Waals surface area contributed by atoms with Crippen LogP contribution in [0.15, 0.2) is 0 Å². The number of anilines is 1. The lowest BCUT2D eigenvalue weighted by atomic mass is 9.87. The van der Waals surface area contributed by atoms with Crippen molar-refractivity contribution in [1.82, 2.24) is 5.32 Å². The van der Waals surface area contributed by atoms with Crippen LogP contribution in [-0.4, -0.2) is 38.8 Å². The molecule has 1 atom stereocenters. The summed E-state index contributed by atoms with van der Waals surface area (Å²) in [6.45, 7) is 0.673. The molecule has 1 unspecified atom stereocenters. The summed E-state index contributed by atoms with van der Waals surface area (Å²) in [5.74, 6) is 0.692. The van der Waals surface area contributed by atoms with Gasteiger partial charge in [-0.3, -0.25) is 9.59 Å². The van der Waals surface area contributed by atoms with Gasteiger partial charge in [-0.2, -0.15) is 0 Å². The van der Waals surface area contributed by atoms with E-state index in [1.54, 1.807) is 0 Å². The van der Waals surface area contributed by atoms with Gasteiger partial charge in [-0.1, -0.05) is 0 Å². The fourth-order valence-corrected chi connectivity index (χ4v) is 6.15. The molecule has 0 bridgehead atoms. The third-order valence-corrected chi connectivity index (χ3v) is 7.85. The van der Waals surface area contributed by atoms with Gasteiger partial charge in [0.1, 0.15) is 14.8 Å². The predicted molar refractivity (Wildman–Crippen MR) is 108 cm³/mol. The molecule has 0 aromatic carbocycles. The lowest BCUT2D eigenvalue weighted by Crippen LogP contribution is -2.29. The van der Waals surface area contributed by atoms with E-state index in [1.165, 1.54) is 17.6 Å². The van der Waals surface area contributed by atoms with Crippen molar-refractivity contribution >= 4 is 38.0 Å². The molecular weight excluding hydrogens is 384 g/mol. The van der Waals surface area contributed by atoms with Crippen LogP contribution in [0.25, 0.3) is 0 Å². The second kappa shape index (κ2) is 7.20. The molecule has 150 valence electrons. The Kier molecular flexibility index (Phi) is 5.05. The van der Waals surface area contributed by atoms with Gasteiger partial charge in [-0.05, 0) is 62.3 Å². The molecule has 6 nitrogen and oxygen atoms in total. The van der Waals surface area contributed by atoms with E-state index >= 15 is 0 Å². The van der Waals surface area contributed by atoms with Crippen LogP contribution in [0.4, 0.5) is 5.00 Å². The highest BCUT2D eigenvalue weighted by molar-refractivity contribution is 7.90. The van der Waals surface area contributed by atoms with Crippen molar-refractivity contribution in [1.29, 1.82) is 0 Å². The lowest BCUT2D eigenvalue weighted by molar-refractivity contribution is -0.117. The fraction of sp³-hybridized carbons (Fsp3) is 0.684. The van der Waals surface area contributed by atoms with Crippen molar-refractivity contribution in [3.05, 3.63) is 16.0 Å². The summed E-state index contributed by atoms with van der Waals surface area (Å²) in [6, 6.07) is 0. The van der Waals surface area contributed by atoms with E-state index in [9.17, 15) is 18.0 Å². The van der Waals surface area contributed by atoms with Gasteiger partial charge in [0.05, 0.1) is 11.3 Å². The van der Waals surface area contributed by atoms with Gasteiger partial charge in [0.2, 0.25) is 5.91 Å². The molecule has 1 heterocycles. The average molecular weight is 413 g/mol. The number of amides is 2. The average Bonchev–Trinajstić information content (AvgIpc) is 3.48. The van der Waals surface area contributed by atoms with Crippen LogP contribution in [0.2, 0.25) is 0 Å². The van der Waals surface area contributed by atoms with Crippen LogP contribution < -0.4 is 10.6 Å².